The Kier molecular flexibility index (Phi) is 33.9. The van der Waals surface area contributed by atoms with Crippen LogP contribution in [0.2, 0.25) is 0 Å². The third kappa shape index (κ3) is 27.5. The summed E-state index contributed by atoms with van der Waals surface area (Å²) in [5, 5.41) is 21.1. The summed E-state index contributed by atoms with van der Waals surface area (Å²) in [7, 11) is 0. The van der Waals surface area contributed by atoms with Gasteiger partial charge in [-0.15, -0.1) is 0 Å². The molecular formula is C63H98N18O13S. The number of primary amides is 3. The first-order valence-electron chi connectivity index (χ1n) is 32.2. The van der Waals surface area contributed by atoms with E-state index in [1.807, 2.05) is 20.1 Å². The van der Waals surface area contributed by atoms with Crippen LogP contribution in [0.3, 0.4) is 0 Å². The number of nitrogens with zero attached hydrogens (tertiary/aromatic N) is 3. The van der Waals surface area contributed by atoms with Crippen molar-refractivity contribution in [2.24, 2.45) is 51.0 Å². The molecule has 2 fully saturated rings. The summed E-state index contributed by atoms with van der Waals surface area (Å²) in [6.07, 6.45) is 3.12. The number of carbonyl (C=O) groups excluding carboxylic acids is 13. The number of amides is 13. The molecule has 0 spiro atoms. The van der Waals surface area contributed by atoms with Crippen molar-refractivity contribution < 1.29 is 62.3 Å². The summed E-state index contributed by atoms with van der Waals surface area (Å²) in [6, 6.07) is 4.51. The minimum atomic E-state index is -1.64. The van der Waals surface area contributed by atoms with Crippen LogP contribution in [-0.2, 0) is 75.2 Å². The Hall–Kier alpha value is -8.91. The van der Waals surface area contributed by atoms with E-state index in [0.717, 1.165) is 0 Å². The number of carbonyl (C=O) groups is 13. The number of benzene rings is 2. The van der Waals surface area contributed by atoms with E-state index in [1.54, 1.807) is 60.7 Å². The van der Waals surface area contributed by atoms with Gasteiger partial charge in [-0.1, -0.05) is 74.5 Å². The van der Waals surface area contributed by atoms with Crippen molar-refractivity contribution >= 4 is 94.5 Å². The number of unbranched alkanes of at least 4 members (excludes halogenated alkanes) is 1. The minimum absolute atomic E-state index is 0.0736. The molecule has 2 heterocycles. The molecule has 2 aliphatic heterocycles. The SMILES string of the molecule is CSCC[C@H](NC(=O)[C@@H](CC(C)C)NC(=O)CNC(=O)[C@@H](Cc1ccccc1)NC(=O)[C@H](Cc1ccccc1)NC(=O)[C@H](CCC(N)=O)NC(=O)[C@H](CCC(N)=O)NC(=O)[C@@H]1CCCN1C(=O)[C@@H](CCCCN)NC(=O)[C@H]1CCCN1C(=O)[C@@H](N)CCCN=C(N)N)C(N)=O. The average molecular weight is 1350 g/mol. The zero-order valence-electron chi connectivity index (χ0n) is 54.5. The monoisotopic (exact) mass is 1350 g/mol. The lowest BCUT2D eigenvalue weighted by Crippen LogP contribution is -2.60. The summed E-state index contributed by atoms with van der Waals surface area (Å²) in [5.74, 6) is -9.80. The maximum Gasteiger partial charge on any atom is 0.245 e. The first kappa shape index (κ1) is 78.5. The van der Waals surface area contributed by atoms with Crippen molar-refractivity contribution in [1.82, 2.24) is 52.3 Å². The van der Waals surface area contributed by atoms with E-state index in [-0.39, 0.29) is 83.0 Å². The highest BCUT2D eigenvalue weighted by Crippen LogP contribution is 2.24. The first-order valence-corrected chi connectivity index (χ1v) is 33.6. The lowest BCUT2D eigenvalue weighted by Gasteiger charge is -2.32. The summed E-state index contributed by atoms with van der Waals surface area (Å²) in [6.45, 7) is 3.86. The van der Waals surface area contributed by atoms with Crippen molar-refractivity contribution in [3.63, 3.8) is 0 Å². The Bertz CT molecular complexity index is 2960. The van der Waals surface area contributed by atoms with Gasteiger partial charge in [-0.3, -0.25) is 67.3 Å². The van der Waals surface area contributed by atoms with Crippen LogP contribution < -0.4 is 82.7 Å². The average Bonchev–Trinajstić information content (AvgIpc) is 1.74. The predicted octanol–water partition coefficient (Wildman–Crippen LogP) is -3.71. The predicted molar refractivity (Wildman–Crippen MR) is 356 cm³/mol. The lowest BCUT2D eigenvalue weighted by molar-refractivity contribution is -0.144. The van der Waals surface area contributed by atoms with Crippen molar-refractivity contribution in [3.8, 4) is 0 Å². The quantitative estimate of drug-likeness (QED) is 0.0173. The molecule has 31 nitrogen and oxygen atoms in total. The van der Waals surface area contributed by atoms with Crippen LogP contribution in [0.25, 0.3) is 0 Å². The number of hydrogen-bond donors (Lipinski definition) is 15. The molecule has 0 bridgehead atoms. The van der Waals surface area contributed by atoms with Crippen LogP contribution in [0.4, 0.5) is 0 Å². The lowest BCUT2D eigenvalue weighted by atomic mass is 10.0. The van der Waals surface area contributed by atoms with E-state index in [2.05, 4.69) is 47.5 Å². The fourth-order valence-corrected chi connectivity index (χ4v) is 11.5. The molecule has 95 heavy (non-hydrogen) atoms. The van der Waals surface area contributed by atoms with Gasteiger partial charge in [-0.05, 0) is 119 Å². The van der Waals surface area contributed by atoms with Crippen LogP contribution in [-0.4, -0.2) is 198 Å². The van der Waals surface area contributed by atoms with E-state index >= 15 is 0 Å². The number of rotatable bonds is 42. The number of aliphatic imine (C=N–C) groups is 1. The number of guanidine groups is 1. The molecule has 524 valence electrons. The molecule has 2 saturated heterocycles. The van der Waals surface area contributed by atoms with Gasteiger partial charge in [0.1, 0.15) is 54.4 Å². The van der Waals surface area contributed by atoms with Crippen LogP contribution >= 0.6 is 11.8 Å². The van der Waals surface area contributed by atoms with Crippen molar-refractivity contribution in [2.75, 3.05) is 44.7 Å². The van der Waals surface area contributed by atoms with Crippen LogP contribution in [0.5, 0.6) is 0 Å². The second kappa shape index (κ2) is 41.0. The van der Waals surface area contributed by atoms with Crippen LogP contribution in [0, 0.1) is 5.92 Å². The first-order chi connectivity index (χ1) is 45.2. The van der Waals surface area contributed by atoms with Gasteiger partial charge in [0.2, 0.25) is 76.8 Å². The Morgan fingerprint density at radius 3 is 1.51 bits per heavy atom. The fourth-order valence-electron chi connectivity index (χ4n) is 11.0. The highest BCUT2D eigenvalue weighted by Gasteiger charge is 2.42. The minimum Gasteiger partial charge on any atom is -0.370 e. The molecule has 13 amide bonds. The van der Waals surface area contributed by atoms with E-state index in [9.17, 15) is 62.3 Å². The van der Waals surface area contributed by atoms with Crippen molar-refractivity contribution in [1.29, 1.82) is 0 Å². The summed E-state index contributed by atoms with van der Waals surface area (Å²) < 4.78 is 0. The van der Waals surface area contributed by atoms with Gasteiger partial charge in [0, 0.05) is 45.3 Å². The zero-order chi connectivity index (χ0) is 70.1. The second-order valence-corrected chi connectivity index (χ2v) is 25.1. The highest BCUT2D eigenvalue weighted by molar-refractivity contribution is 7.98. The summed E-state index contributed by atoms with van der Waals surface area (Å²) in [4.78, 5) is 185. The van der Waals surface area contributed by atoms with Crippen molar-refractivity contribution in [3.05, 3.63) is 71.8 Å². The third-order valence-electron chi connectivity index (χ3n) is 16.0. The number of nitrogens with one attached hydrogen (secondary N) is 8. The largest absolute Gasteiger partial charge is 0.370 e. The molecule has 0 unspecified atom stereocenters. The molecule has 22 N–H and O–H groups in total. The molecule has 0 saturated carbocycles. The van der Waals surface area contributed by atoms with Gasteiger partial charge < -0.3 is 92.5 Å². The van der Waals surface area contributed by atoms with Gasteiger partial charge in [0.05, 0.1) is 12.6 Å². The van der Waals surface area contributed by atoms with Crippen molar-refractivity contribution in [2.45, 2.75) is 183 Å². The summed E-state index contributed by atoms with van der Waals surface area (Å²) in [5.41, 5.74) is 40.6. The molecule has 2 aromatic carbocycles. The van der Waals surface area contributed by atoms with Crippen LogP contribution in [0.15, 0.2) is 65.7 Å². The van der Waals surface area contributed by atoms with Crippen LogP contribution in [0.1, 0.15) is 121 Å². The number of likely N-dealkylation sites (tertiary alicyclic amines) is 2. The van der Waals surface area contributed by atoms with Gasteiger partial charge in [-0.25, -0.2) is 0 Å². The van der Waals surface area contributed by atoms with E-state index < -0.39 is 169 Å². The molecule has 0 aromatic heterocycles. The molecule has 2 aliphatic rings. The number of nitrogens with two attached hydrogens (primary N) is 7. The highest BCUT2D eigenvalue weighted by atomic mass is 32.2. The van der Waals surface area contributed by atoms with Gasteiger partial charge in [0.15, 0.2) is 5.96 Å². The standard InChI is InChI=1S/C63H98N18O13S/c1-37(2)33-45(57(89)74-41(53(68)85)27-32-95-3)73-52(84)36-72-54(86)46(34-38-15-6-4-7-16-38)78-58(90)47(35-39-17-8-5-9-18-39)79-56(88)42(23-25-50(66)82)75-55(87)43(24-26-51(67)83)76-59(91)49-22-14-31-81(49)62(94)44(20-10-11-28-64)77-60(92)48-21-13-30-80(48)61(93)40(65)19-12-29-71-63(69)70/h4-9,15-18,37,40-49H,10-14,19-36,64-65H2,1-3H3,(H2,66,82)(H2,67,83)(H2,68,85)(H,72,86)(H,73,84)(H,74,89)(H,75,87)(H,76,91)(H,77,92)(H,78,90)(H,79,88)(H4,69,70,71)/t40-,41-,42-,43-,44+,45+,46+,47-,48+,49-/m0/s1. The van der Waals surface area contributed by atoms with Gasteiger partial charge >= 0.3 is 0 Å². The summed E-state index contributed by atoms with van der Waals surface area (Å²) >= 11 is 1.45. The number of thioether (sulfide) groups is 1. The van der Waals surface area contributed by atoms with Gasteiger partial charge in [-0.2, -0.15) is 11.8 Å². The molecular weight excluding hydrogens is 1250 g/mol. The third-order valence-corrected chi connectivity index (χ3v) is 16.7. The van der Waals surface area contributed by atoms with E-state index in [0.29, 0.717) is 55.4 Å². The molecule has 0 radical (unpaired) electrons. The van der Waals surface area contributed by atoms with E-state index in [4.69, 9.17) is 40.1 Å². The Labute approximate surface area is 558 Å². The fraction of sp³-hybridized carbons (Fsp3) is 0.587. The second-order valence-electron chi connectivity index (χ2n) is 24.1. The maximum absolute atomic E-state index is 14.7. The smallest absolute Gasteiger partial charge is 0.245 e. The molecule has 10 atom stereocenters. The Morgan fingerprint density at radius 2 is 1.01 bits per heavy atom. The Morgan fingerprint density at radius 1 is 0.537 bits per heavy atom. The normalized spacial score (nSPS) is 16.8. The molecule has 4 rings (SSSR count). The Balaban J connectivity index is 1.56. The molecule has 2 aromatic rings. The molecule has 32 heteroatoms. The van der Waals surface area contributed by atoms with E-state index in [1.165, 1.54) is 21.6 Å². The maximum atomic E-state index is 14.7. The topological polar surface area (TPSA) is 519 Å². The van der Waals surface area contributed by atoms with Gasteiger partial charge in [0.25, 0.3) is 0 Å². The zero-order valence-corrected chi connectivity index (χ0v) is 55.3. The number of hydrogen-bond acceptors (Lipinski definition) is 17. The molecule has 0 aliphatic carbocycles.